The lowest BCUT2D eigenvalue weighted by Gasteiger charge is -2.15. The summed E-state index contributed by atoms with van der Waals surface area (Å²) < 4.78 is 5.52. The zero-order chi connectivity index (χ0) is 15.4. The van der Waals surface area contributed by atoms with Gasteiger partial charge in [-0.15, -0.1) is 0 Å². The Kier molecular flexibility index (Phi) is 4.23. The highest BCUT2D eigenvalue weighted by atomic mass is 16.5. The molecule has 2 rings (SSSR count). The van der Waals surface area contributed by atoms with Crippen LogP contribution in [0, 0.1) is 0 Å². The van der Waals surface area contributed by atoms with Crippen LogP contribution in [0.2, 0.25) is 0 Å². The van der Waals surface area contributed by atoms with Crippen molar-refractivity contribution >= 4 is 11.9 Å². The molecule has 1 amide bonds. The molecule has 0 aliphatic heterocycles. The van der Waals surface area contributed by atoms with Crippen LogP contribution in [0.5, 0.6) is 5.75 Å². The van der Waals surface area contributed by atoms with E-state index in [1.54, 1.807) is 30.3 Å². The minimum Gasteiger partial charge on any atom is -0.493 e. The van der Waals surface area contributed by atoms with Crippen LogP contribution in [0.1, 0.15) is 27.6 Å². The fourth-order valence-corrected chi connectivity index (χ4v) is 2.18. The molecule has 5 heteroatoms. The third-order valence-electron chi connectivity index (χ3n) is 3.01. The maximum atomic E-state index is 11.8. The summed E-state index contributed by atoms with van der Waals surface area (Å²) in [5.74, 6) is -1.57. The summed E-state index contributed by atoms with van der Waals surface area (Å²) in [6.45, 7) is 2.20. The lowest BCUT2D eigenvalue weighted by atomic mass is 9.94. The molecule has 0 aliphatic rings. The van der Waals surface area contributed by atoms with Crippen molar-refractivity contribution < 1.29 is 19.4 Å². The van der Waals surface area contributed by atoms with E-state index in [4.69, 9.17) is 10.5 Å². The molecule has 0 unspecified atom stereocenters. The maximum Gasteiger partial charge on any atom is 0.336 e. The molecule has 0 heterocycles. The predicted octanol–water partition coefficient (Wildman–Crippen LogP) is 2.55. The number of rotatable bonds is 5. The van der Waals surface area contributed by atoms with Crippen molar-refractivity contribution in [3.63, 3.8) is 0 Å². The van der Waals surface area contributed by atoms with Crippen LogP contribution in [-0.2, 0) is 0 Å². The number of hydrogen-bond acceptors (Lipinski definition) is 3. The van der Waals surface area contributed by atoms with Crippen molar-refractivity contribution in [3.05, 3.63) is 53.6 Å². The zero-order valence-electron chi connectivity index (χ0n) is 11.5. The smallest absolute Gasteiger partial charge is 0.336 e. The number of ether oxygens (including phenoxy) is 1. The number of aromatic carboxylic acids is 1. The molecule has 2 aromatic carbocycles. The minimum absolute atomic E-state index is 0.0420. The topological polar surface area (TPSA) is 89.6 Å². The fourth-order valence-electron chi connectivity index (χ4n) is 2.18. The second-order valence-corrected chi connectivity index (χ2v) is 4.33. The monoisotopic (exact) mass is 285 g/mol. The first-order valence-electron chi connectivity index (χ1n) is 6.44. The largest absolute Gasteiger partial charge is 0.493 e. The average molecular weight is 285 g/mol. The van der Waals surface area contributed by atoms with E-state index in [2.05, 4.69) is 0 Å². The molecule has 21 heavy (non-hydrogen) atoms. The van der Waals surface area contributed by atoms with Gasteiger partial charge in [0.2, 0.25) is 5.91 Å². The molecule has 0 spiro atoms. The van der Waals surface area contributed by atoms with Crippen LogP contribution in [0.4, 0.5) is 0 Å². The Labute approximate surface area is 122 Å². The van der Waals surface area contributed by atoms with E-state index in [0.29, 0.717) is 23.5 Å². The highest BCUT2D eigenvalue weighted by molar-refractivity contribution is 6.10. The summed E-state index contributed by atoms with van der Waals surface area (Å²) in [6.07, 6.45) is 0. The summed E-state index contributed by atoms with van der Waals surface area (Å²) in [4.78, 5) is 23.1. The molecule has 0 aromatic heterocycles. The van der Waals surface area contributed by atoms with Crippen molar-refractivity contribution in [2.24, 2.45) is 5.73 Å². The van der Waals surface area contributed by atoms with Gasteiger partial charge in [-0.3, -0.25) is 4.79 Å². The van der Waals surface area contributed by atoms with Crippen LogP contribution >= 0.6 is 0 Å². The highest BCUT2D eigenvalue weighted by Gasteiger charge is 2.23. The number of carboxylic acid groups (broad SMARTS) is 1. The van der Waals surface area contributed by atoms with Crippen LogP contribution < -0.4 is 10.5 Å². The lowest BCUT2D eigenvalue weighted by molar-refractivity contribution is 0.0692. The summed E-state index contributed by atoms with van der Waals surface area (Å²) in [7, 11) is 0. The van der Waals surface area contributed by atoms with Crippen LogP contribution in [0.25, 0.3) is 11.1 Å². The van der Waals surface area contributed by atoms with E-state index in [1.807, 2.05) is 13.0 Å². The summed E-state index contributed by atoms with van der Waals surface area (Å²) >= 11 is 0. The standard InChI is InChI=1S/C16H15NO4/c1-2-21-12-9-8-11(16(19)20)14(15(17)18)13(12)10-6-4-3-5-7-10/h3-9H,2H2,1H3,(H2,17,18)(H,19,20). The first-order valence-corrected chi connectivity index (χ1v) is 6.44. The Morgan fingerprint density at radius 3 is 2.33 bits per heavy atom. The van der Waals surface area contributed by atoms with Gasteiger partial charge in [0, 0.05) is 5.56 Å². The van der Waals surface area contributed by atoms with Crippen molar-refractivity contribution in [3.8, 4) is 16.9 Å². The molecule has 0 radical (unpaired) electrons. The van der Waals surface area contributed by atoms with Gasteiger partial charge in [0.1, 0.15) is 5.75 Å². The van der Waals surface area contributed by atoms with Gasteiger partial charge in [-0.1, -0.05) is 30.3 Å². The van der Waals surface area contributed by atoms with Crippen LogP contribution in [0.15, 0.2) is 42.5 Å². The third-order valence-corrected chi connectivity index (χ3v) is 3.01. The van der Waals surface area contributed by atoms with Crippen molar-refractivity contribution in [1.82, 2.24) is 0 Å². The number of primary amides is 1. The molecule has 0 bridgehead atoms. The van der Waals surface area contributed by atoms with E-state index in [-0.39, 0.29) is 11.1 Å². The van der Waals surface area contributed by atoms with Gasteiger partial charge < -0.3 is 15.6 Å². The minimum atomic E-state index is -1.20. The SMILES string of the molecule is CCOc1ccc(C(=O)O)c(C(N)=O)c1-c1ccccc1. The second-order valence-electron chi connectivity index (χ2n) is 4.33. The Hall–Kier alpha value is -2.82. The van der Waals surface area contributed by atoms with Gasteiger partial charge in [-0.2, -0.15) is 0 Å². The van der Waals surface area contributed by atoms with Crippen molar-refractivity contribution in [2.45, 2.75) is 6.92 Å². The molecule has 0 saturated heterocycles. The molecule has 0 saturated carbocycles. The van der Waals surface area contributed by atoms with Gasteiger partial charge in [-0.05, 0) is 24.6 Å². The molecule has 2 aromatic rings. The number of hydrogen-bond donors (Lipinski definition) is 2. The highest BCUT2D eigenvalue weighted by Crippen LogP contribution is 2.35. The summed E-state index contributed by atoms with van der Waals surface area (Å²) in [5.41, 5.74) is 6.31. The molecule has 5 nitrogen and oxygen atoms in total. The first-order chi connectivity index (χ1) is 10.1. The van der Waals surface area contributed by atoms with E-state index < -0.39 is 11.9 Å². The molecule has 0 fully saturated rings. The third kappa shape index (κ3) is 2.86. The Bertz CT molecular complexity index is 680. The fraction of sp³-hybridized carbons (Fsp3) is 0.125. The first kappa shape index (κ1) is 14.6. The molecular weight excluding hydrogens is 270 g/mol. The molecular formula is C16H15NO4. The van der Waals surface area contributed by atoms with Gasteiger partial charge in [-0.25, -0.2) is 4.79 Å². The number of carbonyl (C=O) groups excluding carboxylic acids is 1. The average Bonchev–Trinajstić information content (AvgIpc) is 2.47. The van der Waals surface area contributed by atoms with Crippen molar-refractivity contribution in [1.29, 1.82) is 0 Å². The molecule has 0 aliphatic carbocycles. The van der Waals surface area contributed by atoms with Gasteiger partial charge in [0.15, 0.2) is 0 Å². The zero-order valence-corrected chi connectivity index (χ0v) is 11.5. The number of amides is 1. The number of benzene rings is 2. The van der Waals surface area contributed by atoms with Gasteiger partial charge >= 0.3 is 5.97 Å². The molecule has 108 valence electrons. The Morgan fingerprint density at radius 1 is 1.14 bits per heavy atom. The van der Waals surface area contributed by atoms with E-state index in [0.717, 1.165) is 0 Å². The van der Waals surface area contributed by atoms with E-state index >= 15 is 0 Å². The van der Waals surface area contributed by atoms with Crippen LogP contribution in [-0.4, -0.2) is 23.6 Å². The Balaban J connectivity index is 2.81. The Morgan fingerprint density at radius 2 is 1.81 bits per heavy atom. The van der Waals surface area contributed by atoms with Gasteiger partial charge in [0.25, 0.3) is 0 Å². The van der Waals surface area contributed by atoms with Gasteiger partial charge in [0.05, 0.1) is 17.7 Å². The second kappa shape index (κ2) is 6.09. The van der Waals surface area contributed by atoms with Crippen molar-refractivity contribution in [2.75, 3.05) is 6.61 Å². The summed E-state index contributed by atoms with van der Waals surface area (Å²) in [5, 5.41) is 9.26. The molecule has 0 atom stereocenters. The quantitative estimate of drug-likeness (QED) is 0.883. The lowest BCUT2D eigenvalue weighted by Crippen LogP contribution is -2.18. The normalized spacial score (nSPS) is 10.1. The molecule has 3 N–H and O–H groups in total. The van der Waals surface area contributed by atoms with Crippen LogP contribution in [0.3, 0.4) is 0 Å². The maximum absolute atomic E-state index is 11.8. The number of carbonyl (C=O) groups is 2. The van der Waals surface area contributed by atoms with E-state index in [1.165, 1.54) is 6.07 Å². The number of carboxylic acids is 1. The van der Waals surface area contributed by atoms with E-state index in [9.17, 15) is 14.7 Å². The predicted molar refractivity (Wildman–Crippen MR) is 78.5 cm³/mol. The number of nitrogens with two attached hydrogens (primary N) is 1. The summed E-state index contributed by atoms with van der Waals surface area (Å²) in [6, 6.07) is 11.8.